The minimum absolute atomic E-state index is 0.846. The van der Waals surface area contributed by atoms with Crippen LogP contribution in [0.1, 0.15) is 23.7 Å². The number of hydrogen-bond acceptors (Lipinski definition) is 2. The lowest BCUT2D eigenvalue weighted by molar-refractivity contribution is 0.710. The maximum atomic E-state index is 6.41. The Kier molecular flexibility index (Phi) is 3.43. The van der Waals surface area contributed by atoms with E-state index in [0.29, 0.717) is 0 Å². The molecule has 0 aliphatic carbocycles. The second kappa shape index (κ2) is 5.22. The molecule has 0 amide bonds. The molecule has 0 radical (unpaired) electrons. The first kappa shape index (κ1) is 12.5. The van der Waals surface area contributed by atoms with Gasteiger partial charge in [-0.05, 0) is 42.2 Å². The lowest BCUT2D eigenvalue weighted by Gasteiger charge is -2.30. The molecule has 2 nitrogen and oxygen atoms in total. The van der Waals surface area contributed by atoms with Crippen molar-refractivity contribution in [1.82, 2.24) is 4.98 Å². The maximum Gasteiger partial charge on any atom is 0.0642 e. The number of halogens is 1. The molecule has 3 heteroatoms. The Morgan fingerprint density at radius 2 is 2.21 bits per heavy atom. The van der Waals surface area contributed by atoms with Gasteiger partial charge in [-0.3, -0.25) is 4.98 Å². The van der Waals surface area contributed by atoms with Crippen LogP contribution in [0.15, 0.2) is 36.5 Å². The minimum atomic E-state index is 0.846. The first-order valence-electron chi connectivity index (χ1n) is 6.74. The standard InChI is InChI=1S/C16H17ClN2/c1-2-12-5-6-16(14(17)10-12)19-9-7-13-4-3-8-18-15(13)11-19/h3-6,8,10H,2,7,9,11H2,1H3. The molecule has 0 unspecified atom stereocenters. The number of hydrogen-bond donors (Lipinski definition) is 0. The van der Waals surface area contributed by atoms with E-state index in [0.717, 1.165) is 36.6 Å². The van der Waals surface area contributed by atoms with Crippen LogP contribution in [0.3, 0.4) is 0 Å². The van der Waals surface area contributed by atoms with Gasteiger partial charge in [0.1, 0.15) is 0 Å². The Morgan fingerprint density at radius 3 is 3.00 bits per heavy atom. The Morgan fingerprint density at radius 1 is 1.32 bits per heavy atom. The van der Waals surface area contributed by atoms with Crippen LogP contribution >= 0.6 is 11.6 Å². The maximum absolute atomic E-state index is 6.41. The quantitative estimate of drug-likeness (QED) is 0.825. The van der Waals surface area contributed by atoms with Gasteiger partial charge < -0.3 is 4.90 Å². The molecule has 2 heterocycles. The van der Waals surface area contributed by atoms with Crippen molar-refractivity contribution >= 4 is 17.3 Å². The van der Waals surface area contributed by atoms with Gasteiger partial charge in [0.05, 0.1) is 22.9 Å². The number of anilines is 1. The summed E-state index contributed by atoms with van der Waals surface area (Å²) in [6.07, 6.45) is 3.92. The Hall–Kier alpha value is -1.54. The highest BCUT2D eigenvalue weighted by Crippen LogP contribution is 2.30. The number of benzene rings is 1. The third kappa shape index (κ3) is 2.45. The molecule has 1 aliphatic rings. The lowest BCUT2D eigenvalue weighted by Crippen LogP contribution is -2.31. The molecular formula is C16H17ClN2. The second-order valence-corrected chi connectivity index (χ2v) is 5.33. The molecule has 0 spiro atoms. The zero-order valence-electron chi connectivity index (χ0n) is 11.1. The summed E-state index contributed by atoms with van der Waals surface area (Å²) >= 11 is 6.41. The van der Waals surface area contributed by atoms with E-state index in [1.807, 2.05) is 12.3 Å². The van der Waals surface area contributed by atoms with Gasteiger partial charge in [-0.15, -0.1) is 0 Å². The summed E-state index contributed by atoms with van der Waals surface area (Å²) < 4.78 is 0. The molecule has 0 fully saturated rings. The molecule has 2 aromatic rings. The molecule has 0 saturated carbocycles. The van der Waals surface area contributed by atoms with Gasteiger partial charge in [0.2, 0.25) is 0 Å². The van der Waals surface area contributed by atoms with Gasteiger partial charge in [0.25, 0.3) is 0 Å². The molecule has 1 aromatic carbocycles. The van der Waals surface area contributed by atoms with Crippen molar-refractivity contribution in [3.05, 3.63) is 58.4 Å². The number of aryl methyl sites for hydroxylation is 1. The van der Waals surface area contributed by atoms with Gasteiger partial charge in [-0.2, -0.15) is 0 Å². The number of nitrogens with zero attached hydrogens (tertiary/aromatic N) is 2. The van der Waals surface area contributed by atoms with Crippen molar-refractivity contribution in [3.8, 4) is 0 Å². The molecule has 0 saturated heterocycles. The normalized spacial score (nSPS) is 14.3. The first-order valence-corrected chi connectivity index (χ1v) is 7.12. The summed E-state index contributed by atoms with van der Waals surface area (Å²) in [5.74, 6) is 0. The monoisotopic (exact) mass is 272 g/mol. The number of fused-ring (bicyclic) bond motifs is 1. The predicted molar refractivity (Wildman–Crippen MR) is 79.8 cm³/mol. The van der Waals surface area contributed by atoms with E-state index in [-0.39, 0.29) is 0 Å². The van der Waals surface area contributed by atoms with E-state index in [9.17, 15) is 0 Å². The van der Waals surface area contributed by atoms with Crippen molar-refractivity contribution in [3.63, 3.8) is 0 Å². The summed E-state index contributed by atoms with van der Waals surface area (Å²) in [5.41, 5.74) is 4.93. The fraction of sp³-hybridized carbons (Fsp3) is 0.312. The van der Waals surface area contributed by atoms with E-state index < -0.39 is 0 Å². The predicted octanol–water partition coefficient (Wildman–Crippen LogP) is 3.86. The van der Waals surface area contributed by atoms with Crippen molar-refractivity contribution in [2.45, 2.75) is 26.3 Å². The highest BCUT2D eigenvalue weighted by molar-refractivity contribution is 6.33. The van der Waals surface area contributed by atoms with Crippen molar-refractivity contribution in [2.24, 2.45) is 0 Å². The van der Waals surface area contributed by atoms with Crippen LogP contribution < -0.4 is 4.90 Å². The topological polar surface area (TPSA) is 16.1 Å². The van der Waals surface area contributed by atoms with Crippen LogP contribution in [0.2, 0.25) is 5.02 Å². The van der Waals surface area contributed by atoms with Crippen molar-refractivity contribution < 1.29 is 0 Å². The van der Waals surface area contributed by atoms with Gasteiger partial charge >= 0.3 is 0 Å². The molecular weight excluding hydrogens is 256 g/mol. The number of aromatic nitrogens is 1. The summed E-state index contributed by atoms with van der Waals surface area (Å²) in [5, 5.41) is 0.846. The van der Waals surface area contributed by atoms with Crippen LogP contribution in [0.5, 0.6) is 0 Å². The van der Waals surface area contributed by atoms with E-state index in [1.165, 1.54) is 16.8 Å². The summed E-state index contributed by atoms with van der Waals surface area (Å²) in [7, 11) is 0. The zero-order chi connectivity index (χ0) is 13.2. The molecule has 3 rings (SSSR count). The van der Waals surface area contributed by atoms with Crippen LogP contribution in [0.4, 0.5) is 5.69 Å². The largest absolute Gasteiger partial charge is 0.364 e. The van der Waals surface area contributed by atoms with Gasteiger partial charge in [-0.1, -0.05) is 30.7 Å². The van der Waals surface area contributed by atoms with Crippen LogP contribution in [0.25, 0.3) is 0 Å². The molecule has 1 aromatic heterocycles. The van der Waals surface area contributed by atoms with Gasteiger partial charge in [0.15, 0.2) is 0 Å². The minimum Gasteiger partial charge on any atom is -0.364 e. The van der Waals surface area contributed by atoms with Crippen LogP contribution in [0, 0.1) is 0 Å². The lowest BCUT2D eigenvalue weighted by atomic mass is 10.0. The fourth-order valence-corrected chi connectivity index (χ4v) is 2.91. The van der Waals surface area contributed by atoms with Gasteiger partial charge in [0, 0.05) is 12.7 Å². The van der Waals surface area contributed by atoms with Gasteiger partial charge in [-0.25, -0.2) is 0 Å². The fourth-order valence-electron chi connectivity index (χ4n) is 2.59. The van der Waals surface area contributed by atoms with Crippen molar-refractivity contribution in [1.29, 1.82) is 0 Å². The summed E-state index contributed by atoms with van der Waals surface area (Å²) in [4.78, 5) is 6.79. The highest BCUT2D eigenvalue weighted by Gasteiger charge is 2.18. The third-order valence-corrected chi connectivity index (χ3v) is 4.04. The average molecular weight is 273 g/mol. The van der Waals surface area contributed by atoms with E-state index in [1.54, 1.807) is 0 Å². The Balaban J connectivity index is 1.89. The highest BCUT2D eigenvalue weighted by atomic mass is 35.5. The van der Waals surface area contributed by atoms with Crippen molar-refractivity contribution in [2.75, 3.05) is 11.4 Å². The van der Waals surface area contributed by atoms with Crippen LogP contribution in [-0.4, -0.2) is 11.5 Å². The molecule has 19 heavy (non-hydrogen) atoms. The molecule has 0 atom stereocenters. The molecule has 98 valence electrons. The summed E-state index contributed by atoms with van der Waals surface area (Å²) in [6.45, 7) is 4.00. The SMILES string of the molecule is CCc1ccc(N2CCc3cccnc3C2)c(Cl)c1. The Bertz CT molecular complexity index is 595. The first-order chi connectivity index (χ1) is 9.28. The smallest absolute Gasteiger partial charge is 0.0642 e. The van der Waals surface area contributed by atoms with E-state index >= 15 is 0 Å². The average Bonchev–Trinajstić information content (AvgIpc) is 2.46. The van der Waals surface area contributed by atoms with E-state index in [2.05, 4.69) is 41.1 Å². The third-order valence-electron chi connectivity index (χ3n) is 3.74. The number of rotatable bonds is 2. The second-order valence-electron chi connectivity index (χ2n) is 4.92. The Labute approximate surface area is 119 Å². The van der Waals surface area contributed by atoms with E-state index in [4.69, 9.17) is 11.6 Å². The summed E-state index contributed by atoms with van der Waals surface area (Å²) in [6, 6.07) is 10.5. The number of pyridine rings is 1. The molecule has 0 N–H and O–H groups in total. The molecule has 1 aliphatic heterocycles. The van der Waals surface area contributed by atoms with Crippen LogP contribution in [-0.2, 0) is 19.4 Å². The zero-order valence-corrected chi connectivity index (χ0v) is 11.8. The molecule has 0 bridgehead atoms.